The molecule has 0 aliphatic rings. The molecule has 1 heterocycles. The van der Waals surface area contributed by atoms with Crippen molar-refractivity contribution < 1.29 is 0 Å². The predicted octanol–water partition coefficient (Wildman–Crippen LogP) is 3.32. The maximum Gasteiger partial charge on any atom is 0.000217 e. The van der Waals surface area contributed by atoms with Crippen LogP contribution in [0.1, 0.15) is 32.3 Å². The number of thiophene rings is 1. The van der Waals surface area contributed by atoms with Crippen molar-refractivity contribution in [3.05, 3.63) is 22.4 Å². The van der Waals surface area contributed by atoms with Gasteiger partial charge in [0.2, 0.25) is 0 Å². The van der Waals surface area contributed by atoms with Crippen molar-refractivity contribution in [1.29, 1.82) is 0 Å². The molecule has 0 spiro atoms. The second kappa shape index (κ2) is 5.52. The van der Waals surface area contributed by atoms with Crippen LogP contribution in [0.2, 0.25) is 0 Å². The fourth-order valence-corrected chi connectivity index (χ4v) is 2.40. The monoisotopic (exact) mass is 211 g/mol. The molecule has 1 N–H and O–H groups in total. The zero-order chi connectivity index (χ0) is 10.4. The van der Waals surface area contributed by atoms with Gasteiger partial charge in [-0.25, -0.2) is 0 Å². The van der Waals surface area contributed by atoms with Gasteiger partial charge in [0, 0.05) is 6.54 Å². The average molecular weight is 211 g/mol. The number of nitrogens with one attached hydrogen (secondary N) is 1. The first-order valence-electron chi connectivity index (χ1n) is 5.36. The van der Waals surface area contributed by atoms with Gasteiger partial charge in [-0.15, -0.1) is 0 Å². The highest BCUT2D eigenvalue weighted by Crippen LogP contribution is 2.27. The van der Waals surface area contributed by atoms with Crippen molar-refractivity contribution in [2.45, 2.75) is 33.1 Å². The Morgan fingerprint density at radius 3 is 2.79 bits per heavy atom. The molecule has 1 atom stereocenters. The van der Waals surface area contributed by atoms with E-state index in [2.05, 4.69) is 36.0 Å². The van der Waals surface area contributed by atoms with Gasteiger partial charge in [-0.1, -0.05) is 13.8 Å². The molecule has 1 nitrogen and oxygen atoms in total. The van der Waals surface area contributed by atoms with Crippen molar-refractivity contribution in [3.63, 3.8) is 0 Å². The van der Waals surface area contributed by atoms with Crippen LogP contribution in [-0.4, -0.2) is 13.6 Å². The van der Waals surface area contributed by atoms with Crippen molar-refractivity contribution in [2.24, 2.45) is 5.41 Å². The summed E-state index contributed by atoms with van der Waals surface area (Å²) in [5.41, 5.74) is 1.95. The summed E-state index contributed by atoms with van der Waals surface area (Å²) in [4.78, 5) is 0. The smallest absolute Gasteiger partial charge is 0.000217 e. The lowest BCUT2D eigenvalue weighted by atomic mass is 9.82. The van der Waals surface area contributed by atoms with Crippen LogP contribution in [-0.2, 0) is 6.42 Å². The molecule has 0 radical (unpaired) electrons. The van der Waals surface area contributed by atoms with Crippen molar-refractivity contribution >= 4 is 11.3 Å². The van der Waals surface area contributed by atoms with Crippen LogP contribution < -0.4 is 5.32 Å². The standard InChI is InChI=1S/C12H21NS/c1-4-12(2,10-13-3)7-5-11-6-8-14-9-11/h6,8-9,13H,4-5,7,10H2,1-3H3. The van der Waals surface area contributed by atoms with Gasteiger partial charge >= 0.3 is 0 Å². The van der Waals surface area contributed by atoms with Crippen LogP contribution in [0.15, 0.2) is 16.8 Å². The molecular formula is C12H21NS. The van der Waals surface area contributed by atoms with Gasteiger partial charge in [-0.05, 0) is 54.1 Å². The molecular weight excluding hydrogens is 190 g/mol. The van der Waals surface area contributed by atoms with Crippen LogP contribution in [0.4, 0.5) is 0 Å². The normalized spacial score (nSPS) is 15.4. The predicted molar refractivity (Wildman–Crippen MR) is 65.0 cm³/mol. The van der Waals surface area contributed by atoms with E-state index in [0.29, 0.717) is 5.41 Å². The summed E-state index contributed by atoms with van der Waals surface area (Å²) < 4.78 is 0. The third-order valence-electron chi connectivity index (χ3n) is 3.05. The summed E-state index contributed by atoms with van der Waals surface area (Å²) in [5.74, 6) is 0. The minimum Gasteiger partial charge on any atom is -0.319 e. The Hall–Kier alpha value is -0.340. The molecule has 1 unspecified atom stereocenters. The van der Waals surface area contributed by atoms with Crippen LogP contribution >= 0.6 is 11.3 Å². The Morgan fingerprint density at radius 2 is 2.29 bits per heavy atom. The fraction of sp³-hybridized carbons (Fsp3) is 0.667. The highest BCUT2D eigenvalue weighted by atomic mass is 32.1. The Balaban J connectivity index is 2.41. The minimum atomic E-state index is 0.455. The summed E-state index contributed by atoms with van der Waals surface area (Å²) in [7, 11) is 2.04. The van der Waals surface area contributed by atoms with Crippen molar-refractivity contribution in [1.82, 2.24) is 5.32 Å². The highest BCUT2D eigenvalue weighted by molar-refractivity contribution is 7.07. The van der Waals surface area contributed by atoms with E-state index in [0.717, 1.165) is 6.54 Å². The zero-order valence-electron chi connectivity index (χ0n) is 9.47. The molecule has 0 bridgehead atoms. The van der Waals surface area contributed by atoms with Crippen LogP contribution in [0.25, 0.3) is 0 Å². The van der Waals surface area contributed by atoms with Gasteiger partial charge in [0.25, 0.3) is 0 Å². The van der Waals surface area contributed by atoms with Crippen LogP contribution in [0.3, 0.4) is 0 Å². The second-order valence-corrected chi connectivity index (χ2v) is 5.11. The number of hydrogen-bond acceptors (Lipinski definition) is 2. The Morgan fingerprint density at radius 1 is 1.50 bits per heavy atom. The van der Waals surface area contributed by atoms with Crippen LogP contribution in [0, 0.1) is 5.41 Å². The lowest BCUT2D eigenvalue weighted by Gasteiger charge is -2.27. The first-order valence-corrected chi connectivity index (χ1v) is 6.30. The summed E-state index contributed by atoms with van der Waals surface area (Å²) in [5, 5.41) is 7.71. The SMILES string of the molecule is CCC(C)(CCc1ccsc1)CNC. The van der Waals surface area contributed by atoms with Gasteiger partial charge in [-0.3, -0.25) is 0 Å². The number of rotatable bonds is 6. The molecule has 80 valence electrons. The summed E-state index contributed by atoms with van der Waals surface area (Å²) in [6.45, 7) is 5.77. The van der Waals surface area contributed by atoms with E-state index in [9.17, 15) is 0 Å². The first kappa shape index (κ1) is 11.7. The molecule has 14 heavy (non-hydrogen) atoms. The van der Waals surface area contributed by atoms with Gasteiger partial charge in [0.05, 0.1) is 0 Å². The summed E-state index contributed by atoms with van der Waals surface area (Å²) in [6.07, 6.45) is 3.74. The van der Waals surface area contributed by atoms with E-state index in [1.54, 1.807) is 11.3 Å². The van der Waals surface area contributed by atoms with Gasteiger partial charge < -0.3 is 5.32 Å². The lowest BCUT2D eigenvalue weighted by Crippen LogP contribution is -2.29. The molecule has 0 fully saturated rings. The number of hydrogen-bond donors (Lipinski definition) is 1. The minimum absolute atomic E-state index is 0.455. The van der Waals surface area contributed by atoms with E-state index in [1.807, 2.05) is 7.05 Å². The molecule has 1 rings (SSSR count). The topological polar surface area (TPSA) is 12.0 Å². The maximum atomic E-state index is 3.29. The zero-order valence-corrected chi connectivity index (χ0v) is 10.3. The van der Waals surface area contributed by atoms with Crippen LogP contribution in [0.5, 0.6) is 0 Å². The Bertz CT molecular complexity index is 243. The summed E-state index contributed by atoms with van der Waals surface area (Å²) in [6, 6.07) is 2.24. The second-order valence-electron chi connectivity index (χ2n) is 4.33. The molecule has 0 amide bonds. The van der Waals surface area contributed by atoms with Gasteiger partial charge in [0.1, 0.15) is 0 Å². The average Bonchev–Trinajstić information content (AvgIpc) is 2.68. The van der Waals surface area contributed by atoms with Gasteiger partial charge in [-0.2, -0.15) is 11.3 Å². The molecule has 2 heteroatoms. The van der Waals surface area contributed by atoms with E-state index in [4.69, 9.17) is 0 Å². The molecule has 0 aromatic carbocycles. The molecule has 0 saturated carbocycles. The first-order chi connectivity index (χ1) is 6.70. The number of aryl methyl sites for hydroxylation is 1. The highest BCUT2D eigenvalue weighted by Gasteiger charge is 2.20. The Labute approximate surface area is 91.5 Å². The largest absolute Gasteiger partial charge is 0.319 e. The van der Waals surface area contributed by atoms with E-state index in [1.165, 1.54) is 24.8 Å². The fourth-order valence-electron chi connectivity index (χ4n) is 1.70. The third-order valence-corrected chi connectivity index (χ3v) is 3.79. The van der Waals surface area contributed by atoms with E-state index < -0.39 is 0 Å². The lowest BCUT2D eigenvalue weighted by molar-refractivity contribution is 0.277. The maximum absolute atomic E-state index is 3.29. The Kier molecular flexibility index (Phi) is 4.63. The van der Waals surface area contributed by atoms with Crippen molar-refractivity contribution in [3.8, 4) is 0 Å². The quantitative estimate of drug-likeness (QED) is 0.761. The van der Waals surface area contributed by atoms with E-state index in [-0.39, 0.29) is 0 Å². The van der Waals surface area contributed by atoms with Crippen molar-refractivity contribution in [2.75, 3.05) is 13.6 Å². The molecule has 0 saturated heterocycles. The molecule has 0 aliphatic carbocycles. The van der Waals surface area contributed by atoms with Gasteiger partial charge in [0.15, 0.2) is 0 Å². The molecule has 1 aromatic heterocycles. The molecule has 0 aliphatic heterocycles. The third kappa shape index (κ3) is 3.43. The molecule has 1 aromatic rings. The van der Waals surface area contributed by atoms with E-state index >= 15 is 0 Å². The summed E-state index contributed by atoms with van der Waals surface area (Å²) >= 11 is 1.80.